The smallest absolute Gasteiger partial charge is 0.318 e. The SMILES string of the molecule is C#Cc1c(F)ccc2cc(O)cc(-c3ncc4c(N5CC6CCC(C5)N6C(=O)/C(F)=C/c5cncc(C)n5)nc(OC)nc4c3F)c12. The van der Waals surface area contributed by atoms with E-state index in [0.29, 0.717) is 42.8 Å². The van der Waals surface area contributed by atoms with Gasteiger partial charge >= 0.3 is 6.01 Å². The molecule has 2 aromatic carbocycles. The van der Waals surface area contributed by atoms with Gasteiger partial charge in [-0.15, -0.1) is 6.42 Å². The zero-order valence-electron chi connectivity index (χ0n) is 25.2. The van der Waals surface area contributed by atoms with Crippen LogP contribution in [0.3, 0.4) is 0 Å². The van der Waals surface area contributed by atoms with E-state index >= 15 is 8.78 Å². The summed E-state index contributed by atoms with van der Waals surface area (Å²) in [6, 6.07) is 4.50. The van der Waals surface area contributed by atoms with Crippen molar-refractivity contribution in [2.45, 2.75) is 31.8 Å². The molecule has 2 fully saturated rings. The molecule has 7 rings (SSSR count). The van der Waals surface area contributed by atoms with E-state index in [0.717, 1.165) is 6.08 Å². The summed E-state index contributed by atoms with van der Waals surface area (Å²) in [5.41, 5.74) is 0.507. The molecular weight excluding hydrogens is 611 g/mol. The number of terminal acetylenes is 1. The molecule has 2 unspecified atom stereocenters. The van der Waals surface area contributed by atoms with Crippen molar-refractivity contribution >= 4 is 39.5 Å². The first-order valence-electron chi connectivity index (χ1n) is 14.7. The number of hydrogen-bond donors (Lipinski definition) is 1. The van der Waals surface area contributed by atoms with Crippen LogP contribution >= 0.6 is 0 Å². The second-order valence-corrected chi connectivity index (χ2v) is 11.5. The Morgan fingerprint density at radius 1 is 1.11 bits per heavy atom. The van der Waals surface area contributed by atoms with Crippen molar-refractivity contribution in [3.8, 4) is 35.4 Å². The zero-order valence-corrected chi connectivity index (χ0v) is 25.2. The van der Waals surface area contributed by atoms with Gasteiger partial charge in [0.1, 0.15) is 28.6 Å². The number of methoxy groups -OCH3 is 1. The predicted molar refractivity (Wildman–Crippen MR) is 168 cm³/mol. The Bertz CT molecular complexity index is 2170. The molecule has 0 saturated carbocycles. The number of benzene rings is 2. The summed E-state index contributed by atoms with van der Waals surface area (Å²) in [5.74, 6) is -0.735. The number of ether oxygens (including phenoxy) is 1. The summed E-state index contributed by atoms with van der Waals surface area (Å²) in [5, 5.41) is 11.3. The Morgan fingerprint density at radius 2 is 1.87 bits per heavy atom. The quantitative estimate of drug-likeness (QED) is 0.207. The molecule has 47 heavy (non-hydrogen) atoms. The average molecular weight is 638 g/mol. The van der Waals surface area contributed by atoms with Crippen LogP contribution in [0.25, 0.3) is 39.0 Å². The van der Waals surface area contributed by atoms with Crippen LogP contribution < -0.4 is 9.64 Å². The first-order chi connectivity index (χ1) is 22.7. The van der Waals surface area contributed by atoms with Gasteiger partial charge in [-0.1, -0.05) is 12.0 Å². The summed E-state index contributed by atoms with van der Waals surface area (Å²) in [6.07, 6.45) is 12.3. The van der Waals surface area contributed by atoms with Gasteiger partial charge < -0.3 is 19.6 Å². The molecule has 10 nitrogen and oxygen atoms in total. The highest BCUT2D eigenvalue weighted by molar-refractivity contribution is 6.03. The predicted octanol–water partition coefficient (Wildman–Crippen LogP) is 5.11. The maximum atomic E-state index is 16.5. The van der Waals surface area contributed by atoms with Gasteiger partial charge in [-0.2, -0.15) is 9.97 Å². The average Bonchev–Trinajstić information content (AvgIpc) is 3.32. The second-order valence-electron chi connectivity index (χ2n) is 11.5. The van der Waals surface area contributed by atoms with Gasteiger partial charge in [-0.25, -0.2) is 13.2 Å². The van der Waals surface area contributed by atoms with E-state index in [9.17, 15) is 14.3 Å². The number of aryl methyl sites for hydroxylation is 1. The first-order valence-corrected chi connectivity index (χ1v) is 14.7. The number of carbonyl (C=O) groups excluding carboxylic acids is 1. The summed E-state index contributed by atoms with van der Waals surface area (Å²) in [6.45, 7) is 2.31. The van der Waals surface area contributed by atoms with Crippen LogP contribution in [0.5, 0.6) is 11.8 Å². The summed E-state index contributed by atoms with van der Waals surface area (Å²) in [7, 11) is 1.35. The van der Waals surface area contributed by atoms with Crippen molar-refractivity contribution < 1.29 is 27.8 Å². The maximum Gasteiger partial charge on any atom is 0.318 e. The van der Waals surface area contributed by atoms with Crippen molar-refractivity contribution in [1.82, 2.24) is 29.8 Å². The Morgan fingerprint density at radius 3 is 2.57 bits per heavy atom. The van der Waals surface area contributed by atoms with Crippen molar-refractivity contribution in [3.63, 3.8) is 0 Å². The molecule has 2 atom stereocenters. The summed E-state index contributed by atoms with van der Waals surface area (Å²) >= 11 is 0. The number of halogens is 3. The Kier molecular flexibility index (Phi) is 7.35. The minimum atomic E-state index is -0.935. The summed E-state index contributed by atoms with van der Waals surface area (Å²) < 4.78 is 51.7. The van der Waals surface area contributed by atoms with E-state index in [1.54, 1.807) is 11.8 Å². The summed E-state index contributed by atoms with van der Waals surface area (Å²) in [4.78, 5) is 38.1. The Balaban J connectivity index is 1.27. The number of piperazine rings is 1. The molecule has 0 radical (unpaired) electrons. The molecule has 3 aromatic heterocycles. The number of fused-ring (bicyclic) bond motifs is 4. The fourth-order valence-corrected chi connectivity index (χ4v) is 6.57. The van der Waals surface area contributed by atoms with Crippen molar-refractivity contribution in [1.29, 1.82) is 0 Å². The lowest BCUT2D eigenvalue weighted by atomic mass is 9.96. The van der Waals surface area contributed by atoms with Crippen LogP contribution in [-0.4, -0.2) is 73.1 Å². The number of pyridine rings is 1. The number of rotatable bonds is 5. The van der Waals surface area contributed by atoms with Crippen LogP contribution in [0.1, 0.15) is 29.8 Å². The highest BCUT2D eigenvalue weighted by atomic mass is 19.1. The van der Waals surface area contributed by atoms with E-state index < -0.39 is 23.4 Å². The third kappa shape index (κ3) is 5.11. The highest BCUT2D eigenvalue weighted by Crippen LogP contribution is 2.40. The van der Waals surface area contributed by atoms with Crippen molar-refractivity contribution in [2.75, 3.05) is 25.1 Å². The van der Waals surface area contributed by atoms with E-state index in [4.69, 9.17) is 11.2 Å². The lowest BCUT2D eigenvalue weighted by Crippen LogP contribution is -2.56. The minimum absolute atomic E-state index is 0.0860. The van der Waals surface area contributed by atoms with Gasteiger partial charge in [0.25, 0.3) is 5.91 Å². The molecule has 2 bridgehead atoms. The molecule has 0 aliphatic carbocycles. The highest BCUT2D eigenvalue weighted by Gasteiger charge is 2.44. The van der Waals surface area contributed by atoms with Gasteiger partial charge in [0.05, 0.1) is 47.7 Å². The number of hydrogen-bond acceptors (Lipinski definition) is 9. The van der Waals surface area contributed by atoms with Gasteiger partial charge in [0.15, 0.2) is 11.6 Å². The Labute approximate surface area is 266 Å². The molecule has 1 N–H and O–H groups in total. The number of amides is 1. The molecule has 2 aliphatic heterocycles. The maximum absolute atomic E-state index is 16.5. The van der Waals surface area contributed by atoms with Crippen LogP contribution in [0.2, 0.25) is 0 Å². The number of phenols is 1. The van der Waals surface area contributed by atoms with Gasteiger partial charge in [-0.3, -0.25) is 19.7 Å². The number of aromatic hydroxyl groups is 1. The molecule has 236 valence electrons. The van der Waals surface area contributed by atoms with Crippen molar-refractivity contribution in [2.24, 2.45) is 0 Å². The van der Waals surface area contributed by atoms with E-state index in [1.807, 2.05) is 4.90 Å². The fourth-order valence-electron chi connectivity index (χ4n) is 6.57. The fraction of sp³-hybridized carbons (Fsp3) is 0.235. The zero-order chi connectivity index (χ0) is 33.0. The standard InChI is InChI=1S/C34H26F3N7O3/c1-4-23-26(35)8-5-18-9-22(45)11-24(28(18)23)30-29(37)31-25(14-39-30)32(42-34(41-31)47-3)43-15-20-6-7-21(16-43)44(20)33(46)27(36)10-19-13-38-12-17(2)40-19/h1,5,8-14,20-21,45H,6-7,15-16H2,2-3H3/b27-10-. The second kappa shape index (κ2) is 11.5. The van der Waals surface area contributed by atoms with Gasteiger partial charge in [-0.05, 0) is 43.4 Å². The molecule has 13 heteroatoms. The van der Waals surface area contributed by atoms with Crippen molar-refractivity contribution in [3.05, 3.63) is 77.3 Å². The number of anilines is 1. The lowest BCUT2D eigenvalue weighted by Gasteiger charge is -2.41. The number of phenolic OH excluding ortho intramolecular Hbond substituents is 1. The van der Waals surface area contributed by atoms with Crippen LogP contribution in [0, 0.1) is 30.9 Å². The monoisotopic (exact) mass is 637 g/mol. The van der Waals surface area contributed by atoms with E-state index in [1.165, 1.54) is 50.0 Å². The molecule has 5 heterocycles. The van der Waals surface area contributed by atoms with E-state index in [2.05, 4.69) is 30.8 Å². The third-order valence-electron chi connectivity index (χ3n) is 8.55. The van der Waals surface area contributed by atoms with Crippen LogP contribution in [0.15, 0.2) is 48.7 Å². The van der Waals surface area contributed by atoms with E-state index in [-0.39, 0.29) is 62.6 Å². The number of aromatic nitrogens is 5. The third-order valence-corrected chi connectivity index (χ3v) is 8.55. The Hall–Kier alpha value is -5.77. The molecule has 5 aromatic rings. The molecular formula is C34H26F3N7O3. The van der Waals surface area contributed by atoms with Gasteiger partial charge in [0, 0.05) is 42.5 Å². The van der Waals surface area contributed by atoms with Gasteiger partial charge in [0.2, 0.25) is 0 Å². The van der Waals surface area contributed by atoms with Crippen LogP contribution in [-0.2, 0) is 4.79 Å². The molecule has 2 saturated heterocycles. The molecule has 2 aliphatic rings. The normalized spacial score (nSPS) is 17.7. The number of nitrogens with zero attached hydrogens (tertiary/aromatic N) is 7. The first kappa shape index (κ1) is 29.9. The largest absolute Gasteiger partial charge is 0.508 e. The lowest BCUT2D eigenvalue weighted by molar-refractivity contribution is -0.131. The minimum Gasteiger partial charge on any atom is -0.508 e. The topological polar surface area (TPSA) is 117 Å². The molecule has 0 spiro atoms. The number of carbonyl (C=O) groups is 1. The van der Waals surface area contributed by atoms with Crippen LogP contribution in [0.4, 0.5) is 19.0 Å². The molecule has 1 amide bonds.